The standard InChI is InChI=1S/C5H7N3O3/c1-8-2(4(10)11)3(9)7-5(8)6/h2H,1H3,(H,10,11)(H2,6,7,9). The zero-order chi connectivity index (χ0) is 8.59. The van der Waals surface area contributed by atoms with Gasteiger partial charge in [-0.25, -0.2) is 4.79 Å². The van der Waals surface area contributed by atoms with E-state index in [2.05, 4.69) is 5.32 Å². The van der Waals surface area contributed by atoms with Crippen LogP contribution >= 0.6 is 0 Å². The fourth-order valence-corrected chi connectivity index (χ4v) is 0.856. The van der Waals surface area contributed by atoms with E-state index in [-0.39, 0.29) is 5.96 Å². The normalized spacial score (nSPS) is 23.7. The lowest BCUT2D eigenvalue weighted by Gasteiger charge is -2.12. The molecule has 1 rings (SSSR count). The highest BCUT2D eigenvalue weighted by molar-refractivity contribution is 6.14. The van der Waals surface area contributed by atoms with E-state index in [9.17, 15) is 9.59 Å². The van der Waals surface area contributed by atoms with Crippen molar-refractivity contribution in [3.8, 4) is 0 Å². The van der Waals surface area contributed by atoms with E-state index in [0.29, 0.717) is 0 Å². The number of amides is 1. The molecule has 1 saturated heterocycles. The Balaban J connectivity index is 2.88. The highest BCUT2D eigenvalue weighted by Gasteiger charge is 2.38. The summed E-state index contributed by atoms with van der Waals surface area (Å²) in [7, 11) is 1.37. The van der Waals surface area contributed by atoms with Crippen LogP contribution in [0.3, 0.4) is 0 Å². The Kier molecular flexibility index (Phi) is 1.52. The van der Waals surface area contributed by atoms with Crippen LogP contribution in [0, 0.1) is 5.41 Å². The third-order valence-electron chi connectivity index (χ3n) is 1.46. The fraction of sp³-hybridized carbons (Fsp3) is 0.400. The van der Waals surface area contributed by atoms with Crippen molar-refractivity contribution in [1.82, 2.24) is 10.2 Å². The third-order valence-corrected chi connectivity index (χ3v) is 1.46. The topological polar surface area (TPSA) is 93.5 Å². The van der Waals surface area contributed by atoms with Gasteiger partial charge in [-0.1, -0.05) is 0 Å². The van der Waals surface area contributed by atoms with Crippen LogP contribution < -0.4 is 5.32 Å². The molecule has 1 atom stereocenters. The summed E-state index contributed by atoms with van der Waals surface area (Å²) in [6.07, 6.45) is 0. The maximum Gasteiger partial charge on any atom is 0.336 e. The molecule has 1 heterocycles. The van der Waals surface area contributed by atoms with Crippen molar-refractivity contribution in [2.75, 3.05) is 7.05 Å². The van der Waals surface area contributed by atoms with Gasteiger partial charge in [0.05, 0.1) is 0 Å². The van der Waals surface area contributed by atoms with E-state index in [1.165, 1.54) is 7.05 Å². The van der Waals surface area contributed by atoms with E-state index in [1.807, 2.05) is 0 Å². The van der Waals surface area contributed by atoms with E-state index in [0.717, 1.165) is 4.90 Å². The first-order valence-electron chi connectivity index (χ1n) is 2.89. The lowest BCUT2D eigenvalue weighted by atomic mass is 10.3. The third kappa shape index (κ3) is 1.02. The summed E-state index contributed by atoms with van der Waals surface area (Å²) in [5.74, 6) is -2.08. The van der Waals surface area contributed by atoms with Crippen LogP contribution in [0.5, 0.6) is 0 Å². The maximum atomic E-state index is 10.8. The van der Waals surface area contributed by atoms with Crippen LogP contribution in [0.25, 0.3) is 0 Å². The zero-order valence-corrected chi connectivity index (χ0v) is 5.79. The van der Waals surface area contributed by atoms with E-state index in [4.69, 9.17) is 10.5 Å². The van der Waals surface area contributed by atoms with Gasteiger partial charge < -0.3 is 10.0 Å². The van der Waals surface area contributed by atoms with Gasteiger partial charge in [0.1, 0.15) is 0 Å². The molecular weight excluding hydrogens is 150 g/mol. The summed E-state index contributed by atoms with van der Waals surface area (Å²) < 4.78 is 0. The molecule has 0 radical (unpaired) electrons. The molecule has 0 saturated carbocycles. The van der Waals surface area contributed by atoms with Crippen molar-refractivity contribution in [3.05, 3.63) is 0 Å². The van der Waals surface area contributed by atoms with Crippen LogP contribution in [0.1, 0.15) is 0 Å². The minimum atomic E-state index is -1.25. The van der Waals surface area contributed by atoms with Crippen molar-refractivity contribution in [1.29, 1.82) is 5.41 Å². The molecule has 0 aromatic heterocycles. The number of hydrogen-bond acceptors (Lipinski definition) is 3. The monoisotopic (exact) mass is 157 g/mol. The Morgan fingerprint density at radius 1 is 1.82 bits per heavy atom. The number of nitrogens with zero attached hydrogens (tertiary/aromatic N) is 1. The van der Waals surface area contributed by atoms with Gasteiger partial charge in [-0.3, -0.25) is 15.5 Å². The molecule has 3 N–H and O–H groups in total. The second-order valence-electron chi connectivity index (χ2n) is 2.19. The predicted molar refractivity (Wildman–Crippen MR) is 35.1 cm³/mol. The number of carboxylic acid groups (broad SMARTS) is 1. The van der Waals surface area contributed by atoms with Crippen molar-refractivity contribution in [2.45, 2.75) is 6.04 Å². The number of carboxylic acids is 1. The van der Waals surface area contributed by atoms with Gasteiger partial charge in [0, 0.05) is 7.05 Å². The summed E-state index contributed by atoms with van der Waals surface area (Å²) >= 11 is 0. The van der Waals surface area contributed by atoms with Gasteiger partial charge in [0.25, 0.3) is 5.91 Å². The summed E-state index contributed by atoms with van der Waals surface area (Å²) in [5.41, 5.74) is 0. The maximum absolute atomic E-state index is 10.8. The lowest BCUT2D eigenvalue weighted by molar-refractivity contribution is -0.144. The Bertz CT molecular complexity index is 237. The molecule has 1 aliphatic heterocycles. The van der Waals surface area contributed by atoms with E-state index < -0.39 is 17.9 Å². The van der Waals surface area contributed by atoms with Gasteiger partial charge in [-0.2, -0.15) is 0 Å². The number of hydrogen-bond donors (Lipinski definition) is 3. The van der Waals surface area contributed by atoms with Gasteiger partial charge >= 0.3 is 5.97 Å². The van der Waals surface area contributed by atoms with Crippen LogP contribution in [0.2, 0.25) is 0 Å². The quantitative estimate of drug-likeness (QED) is 0.401. The number of carbonyl (C=O) groups is 2. The molecule has 11 heavy (non-hydrogen) atoms. The molecule has 1 amide bonds. The van der Waals surface area contributed by atoms with Gasteiger partial charge in [-0.05, 0) is 0 Å². The van der Waals surface area contributed by atoms with E-state index in [1.54, 1.807) is 0 Å². The minimum absolute atomic E-state index is 0.178. The summed E-state index contributed by atoms with van der Waals surface area (Å²) in [6.45, 7) is 0. The predicted octanol–water partition coefficient (Wildman–Crippen LogP) is -1.56. The molecule has 1 fully saturated rings. The van der Waals surface area contributed by atoms with Gasteiger partial charge in [0.2, 0.25) is 6.04 Å². The number of carbonyl (C=O) groups excluding carboxylic acids is 1. The molecule has 6 nitrogen and oxygen atoms in total. The van der Waals surface area contributed by atoms with Crippen molar-refractivity contribution >= 4 is 17.8 Å². The van der Waals surface area contributed by atoms with Crippen molar-refractivity contribution in [3.63, 3.8) is 0 Å². The molecule has 0 aliphatic carbocycles. The Hall–Kier alpha value is -1.59. The minimum Gasteiger partial charge on any atom is -0.479 e. The second-order valence-corrected chi connectivity index (χ2v) is 2.19. The number of aliphatic carboxylic acids is 1. The van der Waals surface area contributed by atoms with Crippen LogP contribution in [0.4, 0.5) is 0 Å². The SMILES string of the molecule is CN1C(=N)NC(=O)C1C(=O)O. The molecule has 60 valence electrons. The Labute approximate surface area is 62.3 Å². The van der Waals surface area contributed by atoms with E-state index >= 15 is 0 Å². The molecule has 6 heteroatoms. The number of rotatable bonds is 1. The smallest absolute Gasteiger partial charge is 0.336 e. The average molecular weight is 157 g/mol. The molecule has 0 spiro atoms. The van der Waals surface area contributed by atoms with Gasteiger partial charge in [-0.15, -0.1) is 0 Å². The Morgan fingerprint density at radius 3 is 2.55 bits per heavy atom. The molecule has 1 aliphatic rings. The zero-order valence-electron chi connectivity index (χ0n) is 5.79. The number of nitrogens with one attached hydrogen (secondary N) is 2. The molecule has 0 aromatic rings. The summed E-state index contributed by atoms with van der Waals surface area (Å²) in [4.78, 5) is 22.2. The first-order valence-corrected chi connectivity index (χ1v) is 2.89. The molecular formula is C5H7N3O3. The Morgan fingerprint density at radius 2 is 2.36 bits per heavy atom. The highest BCUT2D eigenvalue weighted by Crippen LogP contribution is 2.03. The van der Waals surface area contributed by atoms with Gasteiger partial charge in [0.15, 0.2) is 5.96 Å². The highest BCUT2D eigenvalue weighted by atomic mass is 16.4. The van der Waals surface area contributed by atoms with Crippen molar-refractivity contribution in [2.24, 2.45) is 0 Å². The summed E-state index contributed by atoms with van der Waals surface area (Å²) in [5, 5.41) is 17.6. The second kappa shape index (κ2) is 2.22. The van der Waals surface area contributed by atoms with Crippen LogP contribution in [0.15, 0.2) is 0 Å². The largest absolute Gasteiger partial charge is 0.479 e. The molecule has 0 aromatic carbocycles. The summed E-state index contributed by atoms with van der Waals surface area (Å²) in [6, 6.07) is -1.25. The van der Waals surface area contributed by atoms with Crippen LogP contribution in [-0.4, -0.2) is 40.9 Å². The number of guanidine groups is 1. The van der Waals surface area contributed by atoms with Crippen LogP contribution in [-0.2, 0) is 9.59 Å². The lowest BCUT2D eigenvalue weighted by Crippen LogP contribution is -2.38. The first-order chi connectivity index (χ1) is 5.04. The fourth-order valence-electron chi connectivity index (χ4n) is 0.856. The first kappa shape index (κ1) is 7.52. The number of likely N-dealkylation sites (N-methyl/N-ethyl adjacent to an activating group) is 1. The van der Waals surface area contributed by atoms with Crippen molar-refractivity contribution < 1.29 is 14.7 Å². The molecule has 1 unspecified atom stereocenters. The average Bonchev–Trinajstić information content (AvgIpc) is 2.07. The molecule has 0 bridgehead atoms.